The average Bonchev–Trinajstić information content (AvgIpc) is 3.06. The Balaban J connectivity index is 2.02. The Bertz CT molecular complexity index is 688. The lowest BCUT2D eigenvalue weighted by Crippen LogP contribution is -1.85. The number of pyridine rings is 1. The number of hydrogen-bond donors (Lipinski definition) is 1. The number of aryl methyl sites for hydroxylation is 1. The van der Waals surface area contributed by atoms with Crippen molar-refractivity contribution >= 4 is 27.8 Å². The first kappa shape index (κ1) is 12.3. The molecule has 4 nitrogen and oxygen atoms in total. The van der Waals surface area contributed by atoms with Gasteiger partial charge in [0.25, 0.3) is 0 Å². The molecule has 0 aliphatic rings. The molecule has 0 aromatic carbocycles. The quantitative estimate of drug-likeness (QED) is 0.798. The third-order valence-corrected chi connectivity index (χ3v) is 4.76. The number of aromatic nitrogens is 3. The Hall–Kier alpha value is -1.79. The van der Waals surface area contributed by atoms with E-state index in [4.69, 9.17) is 0 Å². The zero-order valence-corrected chi connectivity index (χ0v) is 12.2. The van der Waals surface area contributed by atoms with Gasteiger partial charge in [0.1, 0.15) is 5.01 Å². The number of rotatable bonds is 3. The maximum absolute atomic E-state index is 4.63. The van der Waals surface area contributed by atoms with Crippen LogP contribution < -0.4 is 5.32 Å². The van der Waals surface area contributed by atoms with Crippen molar-refractivity contribution < 1.29 is 0 Å². The molecule has 0 aliphatic carbocycles. The minimum Gasteiger partial charge on any atom is -0.365 e. The van der Waals surface area contributed by atoms with Crippen LogP contribution in [0.1, 0.15) is 5.69 Å². The molecule has 6 heteroatoms. The first-order valence-electron chi connectivity index (χ1n) is 5.79. The van der Waals surface area contributed by atoms with Gasteiger partial charge < -0.3 is 5.32 Å². The van der Waals surface area contributed by atoms with E-state index in [1.54, 1.807) is 35.1 Å². The van der Waals surface area contributed by atoms with Gasteiger partial charge in [0, 0.05) is 30.4 Å². The Morgan fingerprint density at radius 1 is 1.16 bits per heavy atom. The van der Waals surface area contributed by atoms with E-state index >= 15 is 0 Å². The van der Waals surface area contributed by atoms with Gasteiger partial charge in [-0.15, -0.1) is 22.7 Å². The van der Waals surface area contributed by atoms with Crippen LogP contribution in [0, 0.1) is 6.92 Å². The van der Waals surface area contributed by atoms with Gasteiger partial charge in [-0.25, -0.2) is 9.97 Å². The Morgan fingerprint density at radius 2 is 1.95 bits per heavy atom. The smallest absolute Gasteiger partial charge is 0.182 e. The summed E-state index contributed by atoms with van der Waals surface area (Å²) < 4.78 is 0. The highest BCUT2D eigenvalue weighted by atomic mass is 32.1. The van der Waals surface area contributed by atoms with Crippen LogP contribution in [0.2, 0.25) is 0 Å². The molecule has 19 heavy (non-hydrogen) atoms. The van der Waals surface area contributed by atoms with E-state index in [9.17, 15) is 0 Å². The van der Waals surface area contributed by atoms with Gasteiger partial charge >= 0.3 is 0 Å². The first-order chi connectivity index (χ1) is 9.28. The van der Waals surface area contributed by atoms with Crippen LogP contribution in [-0.2, 0) is 0 Å². The third-order valence-electron chi connectivity index (χ3n) is 2.67. The number of nitrogens with zero attached hydrogens (tertiary/aromatic N) is 3. The fourth-order valence-corrected chi connectivity index (χ4v) is 3.51. The topological polar surface area (TPSA) is 50.7 Å². The monoisotopic (exact) mass is 288 g/mol. The number of nitrogens with one attached hydrogen (secondary N) is 1. The highest BCUT2D eigenvalue weighted by Gasteiger charge is 2.13. The standard InChI is InChI=1S/C13H12N4S2/c1-8-11(10-7-18-13(14-2)17-10)19-12(16-8)9-3-5-15-6-4-9/h3-7H,1-2H3,(H,14,17). The predicted molar refractivity (Wildman–Crippen MR) is 80.7 cm³/mol. The molecular weight excluding hydrogens is 276 g/mol. The molecule has 0 saturated carbocycles. The lowest BCUT2D eigenvalue weighted by atomic mass is 10.3. The molecule has 0 bridgehead atoms. The zero-order chi connectivity index (χ0) is 13.2. The Labute approximate surface area is 119 Å². The summed E-state index contributed by atoms with van der Waals surface area (Å²) in [7, 11) is 1.88. The molecule has 0 aliphatic heterocycles. The van der Waals surface area contributed by atoms with Crippen molar-refractivity contribution in [3.63, 3.8) is 0 Å². The summed E-state index contributed by atoms with van der Waals surface area (Å²) in [5.41, 5.74) is 3.10. The van der Waals surface area contributed by atoms with E-state index in [2.05, 4.69) is 25.6 Å². The zero-order valence-electron chi connectivity index (χ0n) is 10.5. The van der Waals surface area contributed by atoms with Gasteiger partial charge in [-0.2, -0.15) is 0 Å². The molecule has 0 fully saturated rings. The average molecular weight is 288 g/mol. The van der Waals surface area contributed by atoms with E-state index in [1.807, 2.05) is 26.1 Å². The van der Waals surface area contributed by atoms with Crippen molar-refractivity contribution in [2.24, 2.45) is 0 Å². The number of thiazole rings is 2. The second-order valence-corrected chi connectivity index (χ2v) is 5.81. The van der Waals surface area contributed by atoms with E-state index in [1.165, 1.54) is 0 Å². The summed E-state index contributed by atoms with van der Waals surface area (Å²) in [5, 5.41) is 7.05. The SMILES string of the molecule is CNc1nc(-c2sc(-c3ccncc3)nc2C)cs1. The predicted octanol–water partition coefficient (Wildman–Crippen LogP) is 3.68. The highest BCUT2D eigenvalue weighted by Crippen LogP contribution is 2.36. The van der Waals surface area contributed by atoms with Gasteiger partial charge in [0.15, 0.2) is 5.13 Å². The van der Waals surface area contributed by atoms with E-state index in [0.717, 1.165) is 32.0 Å². The van der Waals surface area contributed by atoms with Gasteiger partial charge in [-0.3, -0.25) is 4.98 Å². The largest absolute Gasteiger partial charge is 0.365 e. The third kappa shape index (κ3) is 2.36. The summed E-state index contributed by atoms with van der Waals surface area (Å²) in [6.45, 7) is 2.02. The normalized spacial score (nSPS) is 10.6. The molecule has 1 N–H and O–H groups in total. The maximum Gasteiger partial charge on any atom is 0.182 e. The second-order valence-electron chi connectivity index (χ2n) is 3.96. The van der Waals surface area contributed by atoms with Crippen LogP contribution in [0.4, 0.5) is 5.13 Å². The molecular formula is C13H12N4S2. The van der Waals surface area contributed by atoms with Crippen LogP contribution in [0.5, 0.6) is 0 Å². The minimum absolute atomic E-state index is 0.924. The van der Waals surface area contributed by atoms with Crippen molar-refractivity contribution in [3.8, 4) is 21.1 Å². The molecule has 3 heterocycles. The second kappa shape index (κ2) is 5.07. The molecule has 3 aromatic heterocycles. The lowest BCUT2D eigenvalue weighted by molar-refractivity contribution is 1.25. The van der Waals surface area contributed by atoms with E-state index in [0.29, 0.717) is 0 Å². The maximum atomic E-state index is 4.63. The van der Waals surface area contributed by atoms with Gasteiger partial charge in [0.05, 0.1) is 16.3 Å². The van der Waals surface area contributed by atoms with Crippen molar-refractivity contribution in [1.82, 2.24) is 15.0 Å². The number of anilines is 1. The summed E-state index contributed by atoms with van der Waals surface area (Å²) >= 11 is 3.27. The molecule has 0 saturated heterocycles. The molecule has 3 rings (SSSR count). The summed E-state index contributed by atoms with van der Waals surface area (Å²) in [6.07, 6.45) is 3.57. The molecule has 96 valence electrons. The lowest BCUT2D eigenvalue weighted by Gasteiger charge is -1.92. The Kier molecular flexibility index (Phi) is 3.27. The molecule has 0 spiro atoms. The van der Waals surface area contributed by atoms with Gasteiger partial charge in [-0.1, -0.05) is 0 Å². The van der Waals surface area contributed by atoms with E-state index < -0.39 is 0 Å². The van der Waals surface area contributed by atoms with Crippen LogP contribution in [0.3, 0.4) is 0 Å². The molecule has 0 radical (unpaired) electrons. The molecule has 0 amide bonds. The van der Waals surface area contributed by atoms with Crippen LogP contribution >= 0.6 is 22.7 Å². The summed E-state index contributed by atoms with van der Waals surface area (Å²) in [6, 6.07) is 3.95. The van der Waals surface area contributed by atoms with Crippen LogP contribution in [0.25, 0.3) is 21.1 Å². The molecule has 0 atom stereocenters. The summed E-state index contributed by atoms with van der Waals surface area (Å²) in [5.74, 6) is 0. The van der Waals surface area contributed by atoms with Crippen LogP contribution in [-0.4, -0.2) is 22.0 Å². The van der Waals surface area contributed by atoms with Crippen molar-refractivity contribution in [2.45, 2.75) is 6.92 Å². The minimum atomic E-state index is 0.924. The fraction of sp³-hybridized carbons (Fsp3) is 0.154. The van der Waals surface area contributed by atoms with Gasteiger partial charge in [0.2, 0.25) is 0 Å². The molecule has 0 unspecified atom stereocenters. The van der Waals surface area contributed by atoms with Crippen molar-refractivity contribution in [3.05, 3.63) is 35.6 Å². The highest BCUT2D eigenvalue weighted by molar-refractivity contribution is 7.19. The van der Waals surface area contributed by atoms with Crippen LogP contribution in [0.15, 0.2) is 29.9 Å². The summed E-state index contributed by atoms with van der Waals surface area (Å²) in [4.78, 5) is 14.3. The van der Waals surface area contributed by atoms with E-state index in [-0.39, 0.29) is 0 Å². The van der Waals surface area contributed by atoms with Gasteiger partial charge in [-0.05, 0) is 19.1 Å². The Morgan fingerprint density at radius 3 is 2.63 bits per heavy atom. The van der Waals surface area contributed by atoms with Crippen molar-refractivity contribution in [2.75, 3.05) is 12.4 Å². The number of hydrogen-bond acceptors (Lipinski definition) is 6. The first-order valence-corrected chi connectivity index (χ1v) is 7.49. The fourth-order valence-electron chi connectivity index (χ4n) is 1.74. The van der Waals surface area contributed by atoms with Crippen molar-refractivity contribution in [1.29, 1.82) is 0 Å². The molecule has 3 aromatic rings.